The highest BCUT2D eigenvalue weighted by molar-refractivity contribution is 4.84. The third-order valence-corrected chi connectivity index (χ3v) is 2.62. The van der Waals surface area contributed by atoms with E-state index in [1.807, 2.05) is 6.08 Å². The first-order valence-corrected chi connectivity index (χ1v) is 6.21. The highest BCUT2D eigenvalue weighted by Crippen LogP contribution is 2.08. The van der Waals surface area contributed by atoms with Crippen molar-refractivity contribution in [2.24, 2.45) is 0 Å². The van der Waals surface area contributed by atoms with Crippen molar-refractivity contribution in [1.29, 1.82) is 0 Å². The van der Waals surface area contributed by atoms with E-state index in [0.29, 0.717) is 6.04 Å². The predicted molar refractivity (Wildman–Crippen MR) is 65.7 cm³/mol. The average molecular weight is 197 g/mol. The number of unbranched alkanes of at least 4 members (excludes halogenated alkanes) is 5. The van der Waals surface area contributed by atoms with Crippen LogP contribution in [0.3, 0.4) is 0 Å². The summed E-state index contributed by atoms with van der Waals surface area (Å²) in [7, 11) is 0. The Morgan fingerprint density at radius 2 is 1.71 bits per heavy atom. The molecule has 0 saturated heterocycles. The predicted octanol–water partition coefficient (Wildman–Crippen LogP) is 3.90. The van der Waals surface area contributed by atoms with Crippen molar-refractivity contribution in [3.8, 4) is 0 Å². The molecular weight excluding hydrogens is 170 g/mol. The fourth-order valence-corrected chi connectivity index (χ4v) is 1.71. The molecule has 0 aromatic heterocycles. The summed E-state index contributed by atoms with van der Waals surface area (Å²) in [6.07, 6.45) is 11.6. The van der Waals surface area contributed by atoms with Gasteiger partial charge in [-0.1, -0.05) is 58.4 Å². The monoisotopic (exact) mass is 197 g/mol. The van der Waals surface area contributed by atoms with Crippen LogP contribution in [-0.2, 0) is 0 Å². The van der Waals surface area contributed by atoms with Crippen LogP contribution in [-0.4, -0.2) is 12.6 Å². The third kappa shape index (κ3) is 8.31. The van der Waals surface area contributed by atoms with E-state index in [9.17, 15) is 0 Å². The Bertz CT molecular complexity index is 120. The van der Waals surface area contributed by atoms with Gasteiger partial charge in [0.1, 0.15) is 0 Å². The molecule has 1 nitrogen and oxygen atoms in total. The van der Waals surface area contributed by atoms with Gasteiger partial charge in [0.05, 0.1) is 0 Å². The molecule has 0 amide bonds. The lowest BCUT2D eigenvalue weighted by atomic mass is 10.1. The molecule has 0 saturated carbocycles. The largest absolute Gasteiger partial charge is 0.311 e. The molecule has 14 heavy (non-hydrogen) atoms. The van der Waals surface area contributed by atoms with Gasteiger partial charge in [0.15, 0.2) is 0 Å². The molecule has 0 bridgehead atoms. The fraction of sp³-hybridized carbons (Fsp3) is 0.846. The quantitative estimate of drug-likeness (QED) is 0.414. The zero-order valence-corrected chi connectivity index (χ0v) is 10.0. The zero-order chi connectivity index (χ0) is 10.6. The molecule has 1 heteroatoms. The Hall–Kier alpha value is -0.300. The molecule has 0 aliphatic carbocycles. The van der Waals surface area contributed by atoms with Gasteiger partial charge in [0.2, 0.25) is 0 Å². The number of rotatable bonds is 10. The van der Waals surface area contributed by atoms with Crippen LogP contribution in [0.1, 0.15) is 58.8 Å². The van der Waals surface area contributed by atoms with Crippen LogP contribution in [0.15, 0.2) is 12.7 Å². The van der Waals surface area contributed by atoms with Gasteiger partial charge in [-0.3, -0.25) is 0 Å². The van der Waals surface area contributed by atoms with Gasteiger partial charge in [-0.25, -0.2) is 0 Å². The minimum atomic E-state index is 0.533. The van der Waals surface area contributed by atoms with Crippen molar-refractivity contribution in [2.45, 2.75) is 64.8 Å². The zero-order valence-electron chi connectivity index (χ0n) is 10.0. The van der Waals surface area contributed by atoms with Gasteiger partial charge in [-0.2, -0.15) is 0 Å². The molecule has 0 radical (unpaired) electrons. The Balaban J connectivity index is 3.20. The van der Waals surface area contributed by atoms with Crippen molar-refractivity contribution in [3.05, 3.63) is 12.7 Å². The number of nitrogens with one attached hydrogen (secondary N) is 1. The fourth-order valence-electron chi connectivity index (χ4n) is 1.71. The van der Waals surface area contributed by atoms with Crippen molar-refractivity contribution in [1.82, 2.24) is 5.32 Å². The second kappa shape index (κ2) is 10.8. The molecule has 84 valence electrons. The number of hydrogen-bond acceptors (Lipinski definition) is 1. The van der Waals surface area contributed by atoms with Crippen LogP contribution < -0.4 is 5.32 Å². The van der Waals surface area contributed by atoms with E-state index in [2.05, 4.69) is 25.7 Å². The molecule has 0 rings (SSSR count). The average Bonchev–Trinajstić information content (AvgIpc) is 2.21. The first kappa shape index (κ1) is 13.7. The highest BCUT2D eigenvalue weighted by atomic mass is 14.9. The lowest BCUT2D eigenvalue weighted by Gasteiger charge is -2.12. The SMILES string of the molecule is C=CC(CCCCCCCC)NCC. The number of hydrogen-bond donors (Lipinski definition) is 1. The van der Waals surface area contributed by atoms with Gasteiger partial charge >= 0.3 is 0 Å². The second-order valence-corrected chi connectivity index (χ2v) is 3.96. The molecular formula is C13H27N. The minimum absolute atomic E-state index is 0.533. The maximum absolute atomic E-state index is 3.85. The first-order chi connectivity index (χ1) is 6.85. The molecule has 0 spiro atoms. The van der Waals surface area contributed by atoms with E-state index in [4.69, 9.17) is 0 Å². The smallest absolute Gasteiger partial charge is 0.0247 e. The summed E-state index contributed by atoms with van der Waals surface area (Å²) in [6, 6.07) is 0.533. The first-order valence-electron chi connectivity index (χ1n) is 6.21. The Morgan fingerprint density at radius 1 is 1.07 bits per heavy atom. The third-order valence-electron chi connectivity index (χ3n) is 2.62. The van der Waals surface area contributed by atoms with E-state index in [-0.39, 0.29) is 0 Å². The lowest BCUT2D eigenvalue weighted by Crippen LogP contribution is -2.26. The summed E-state index contributed by atoms with van der Waals surface area (Å²) >= 11 is 0. The van der Waals surface area contributed by atoms with Gasteiger partial charge in [-0.15, -0.1) is 6.58 Å². The molecule has 0 aliphatic rings. The van der Waals surface area contributed by atoms with E-state index in [0.717, 1.165) is 6.54 Å². The number of likely N-dealkylation sites (N-methyl/N-ethyl adjacent to an activating group) is 1. The summed E-state index contributed by atoms with van der Waals surface area (Å²) in [5, 5.41) is 3.42. The van der Waals surface area contributed by atoms with E-state index in [1.165, 1.54) is 44.9 Å². The summed E-state index contributed by atoms with van der Waals surface area (Å²) in [5.74, 6) is 0. The van der Waals surface area contributed by atoms with Gasteiger partial charge in [0, 0.05) is 6.04 Å². The van der Waals surface area contributed by atoms with Crippen molar-refractivity contribution in [3.63, 3.8) is 0 Å². The van der Waals surface area contributed by atoms with E-state index < -0.39 is 0 Å². The molecule has 1 atom stereocenters. The standard InChI is InChI=1S/C13H27N/c1-4-7-8-9-10-11-12-13(5-2)14-6-3/h5,13-14H,2,4,6-12H2,1,3H3. The van der Waals surface area contributed by atoms with Gasteiger partial charge in [-0.05, 0) is 13.0 Å². The van der Waals surface area contributed by atoms with Crippen molar-refractivity contribution >= 4 is 0 Å². The maximum Gasteiger partial charge on any atom is 0.0247 e. The molecule has 0 aromatic carbocycles. The second-order valence-electron chi connectivity index (χ2n) is 3.96. The maximum atomic E-state index is 3.85. The van der Waals surface area contributed by atoms with E-state index in [1.54, 1.807) is 0 Å². The van der Waals surface area contributed by atoms with Crippen LogP contribution in [0.5, 0.6) is 0 Å². The molecule has 0 aromatic rings. The normalized spacial score (nSPS) is 12.7. The lowest BCUT2D eigenvalue weighted by molar-refractivity contribution is 0.519. The molecule has 1 unspecified atom stereocenters. The molecule has 0 aliphatic heterocycles. The van der Waals surface area contributed by atoms with Gasteiger partial charge in [0.25, 0.3) is 0 Å². The van der Waals surface area contributed by atoms with Crippen LogP contribution in [0.4, 0.5) is 0 Å². The highest BCUT2D eigenvalue weighted by Gasteiger charge is 2.00. The van der Waals surface area contributed by atoms with Crippen LogP contribution in [0.2, 0.25) is 0 Å². The van der Waals surface area contributed by atoms with Gasteiger partial charge < -0.3 is 5.32 Å². The van der Waals surface area contributed by atoms with Crippen LogP contribution in [0, 0.1) is 0 Å². The molecule has 1 N–H and O–H groups in total. The van der Waals surface area contributed by atoms with Crippen LogP contribution in [0.25, 0.3) is 0 Å². The minimum Gasteiger partial charge on any atom is -0.311 e. The summed E-state index contributed by atoms with van der Waals surface area (Å²) in [6.45, 7) is 9.31. The Kier molecular flexibility index (Phi) is 10.5. The summed E-state index contributed by atoms with van der Waals surface area (Å²) < 4.78 is 0. The Morgan fingerprint density at radius 3 is 2.29 bits per heavy atom. The summed E-state index contributed by atoms with van der Waals surface area (Å²) in [4.78, 5) is 0. The molecule has 0 fully saturated rings. The molecule has 0 heterocycles. The Labute approximate surface area is 90.0 Å². The topological polar surface area (TPSA) is 12.0 Å². The van der Waals surface area contributed by atoms with Crippen LogP contribution >= 0.6 is 0 Å². The van der Waals surface area contributed by atoms with Crippen molar-refractivity contribution < 1.29 is 0 Å². The van der Waals surface area contributed by atoms with E-state index >= 15 is 0 Å². The van der Waals surface area contributed by atoms with Crippen molar-refractivity contribution in [2.75, 3.05) is 6.54 Å². The summed E-state index contributed by atoms with van der Waals surface area (Å²) in [5.41, 5.74) is 0.